The minimum absolute atomic E-state index is 0.247. The molecule has 2 rings (SSSR count). The molecule has 2 aromatic rings. The van der Waals surface area contributed by atoms with E-state index in [2.05, 4.69) is 26.2 Å². The van der Waals surface area contributed by atoms with Crippen molar-refractivity contribution in [3.63, 3.8) is 0 Å². The SMILES string of the molecule is CCNc1ccc2c(F)ccc(Br)c2n1. The zero-order valence-corrected chi connectivity index (χ0v) is 9.81. The van der Waals surface area contributed by atoms with Crippen LogP contribution in [0.3, 0.4) is 0 Å². The van der Waals surface area contributed by atoms with Gasteiger partial charge in [-0.15, -0.1) is 0 Å². The standard InChI is InChI=1S/C11H10BrFN2/c1-2-14-10-6-3-7-9(13)5-4-8(12)11(7)15-10/h3-6H,2H2,1H3,(H,14,15). The predicted octanol–water partition coefficient (Wildman–Crippen LogP) is 3.57. The smallest absolute Gasteiger partial charge is 0.132 e. The molecule has 1 aromatic carbocycles. The summed E-state index contributed by atoms with van der Waals surface area (Å²) in [6.07, 6.45) is 0. The minimum Gasteiger partial charge on any atom is -0.370 e. The van der Waals surface area contributed by atoms with Gasteiger partial charge in [0.2, 0.25) is 0 Å². The third kappa shape index (κ3) is 1.95. The quantitative estimate of drug-likeness (QED) is 0.901. The summed E-state index contributed by atoms with van der Waals surface area (Å²) in [5, 5.41) is 3.63. The summed E-state index contributed by atoms with van der Waals surface area (Å²) < 4.78 is 14.2. The van der Waals surface area contributed by atoms with Crippen molar-refractivity contribution in [2.24, 2.45) is 0 Å². The normalized spacial score (nSPS) is 10.6. The highest BCUT2D eigenvalue weighted by molar-refractivity contribution is 9.10. The molecule has 0 radical (unpaired) electrons. The van der Waals surface area contributed by atoms with Gasteiger partial charge in [-0.25, -0.2) is 9.37 Å². The molecule has 1 N–H and O–H groups in total. The van der Waals surface area contributed by atoms with Gasteiger partial charge in [-0.1, -0.05) is 0 Å². The Morgan fingerprint density at radius 1 is 1.33 bits per heavy atom. The van der Waals surface area contributed by atoms with Gasteiger partial charge in [0.15, 0.2) is 0 Å². The van der Waals surface area contributed by atoms with Gasteiger partial charge in [-0.2, -0.15) is 0 Å². The first kappa shape index (κ1) is 10.4. The number of fused-ring (bicyclic) bond motifs is 1. The van der Waals surface area contributed by atoms with E-state index in [4.69, 9.17) is 0 Å². The monoisotopic (exact) mass is 268 g/mol. The average molecular weight is 269 g/mol. The number of hydrogen-bond donors (Lipinski definition) is 1. The molecule has 0 unspecified atom stereocenters. The van der Waals surface area contributed by atoms with Crippen LogP contribution in [0.1, 0.15) is 6.92 Å². The number of hydrogen-bond acceptors (Lipinski definition) is 2. The lowest BCUT2D eigenvalue weighted by molar-refractivity contribution is 0.639. The van der Waals surface area contributed by atoms with Crippen LogP contribution < -0.4 is 5.32 Å². The maximum atomic E-state index is 13.4. The summed E-state index contributed by atoms with van der Waals surface area (Å²) in [6.45, 7) is 2.79. The Hall–Kier alpha value is -1.16. The van der Waals surface area contributed by atoms with Crippen LogP contribution in [-0.2, 0) is 0 Å². The van der Waals surface area contributed by atoms with Crippen LogP contribution in [0.2, 0.25) is 0 Å². The molecule has 0 amide bonds. The number of rotatable bonds is 2. The van der Waals surface area contributed by atoms with E-state index in [-0.39, 0.29) is 5.82 Å². The Bertz CT molecular complexity index is 499. The van der Waals surface area contributed by atoms with Gasteiger partial charge in [0.1, 0.15) is 11.6 Å². The van der Waals surface area contributed by atoms with Crippen LogP contribution in [0.15, 0.2) is 28.7 Å². The van der Waals surface area contributed by atoms with Gasteiger partial charge >= 0.3 is 0 Å². The highest BCUT2D eigenvalue weighted by Gasteiger charge is 2.06. The summed E-state index contributed by atoms with van der Waals surface area (Å²) in [7, 11) is 0. The largest absolute Gasteiger partial charge is 0.370 e. The first-order chi connectivity index (χ1) is 7.22. The molecule has 0 aliphatic rings. The molecule has 0 bridgehead atoms. The van der Waals surface area contributed by atoms with Crippen LogP contribution in [0.4, 0.5) is 10.2 Å². The molecule has 0 saturated carbocycles. The van der Waals surface area contributed by atoms with Crippen LogP contribution in [-0.4, -0.2) is 11.5 Å². The maximum Gasteiger partial charge on any atom is 0.132 e. The zero-order chi connectivity index (χ0) is 10.8. The lowest BCUT2D eigenvalue weighted by Crippen LogP contribution is -1.99. The van der Waals surface area contributed by atoms with Crippen LogP contribution >= 0.6 is 15.9 Å². The second-order valence-electron chi connectivity index (χ2n) is 3.15. The van der Waals surface area contributed by atoms with E-state index in [0.717, 1.165) is 16.8 Å². The first-order valence-electron chi connectivity index (χ1n) is 4.71. The third-order valence-electron chi connectivity index (χ3n) is 2.11. The van der Waals surface area contributed by atoms with Crippen molar-refractivity contribution < 1.29 is 4.39 Å². The average Bonchev–Trinajstić information content (AvgIpc) is 2.24. The molecule has 1 aromatic heterocycles. The van der Waals surface area contributed by atoms with Crippen molar-refractivity contribution in [3.8, 4) is 0 Å². The third-order valence-corrected chi connectivity index (χ3v) is 2.75. The second-order valence-corrected chi connectivity index (χ2v) is 4.01. The molecule has 0 saturated heterocycles. The fraction of sp³-hybridized carbons (Fsp3) is 0.182. The summed E-state index contributed by atoms with van der Waals surface area (Å²) >= 11 is 3.36. The molecule has 0 aliphatic heterocycles. The molecule has 0 atom stereocenters. The molecule has 2 nitrogen and oxygen atoms in total. The molecule has 15 heavy (non-hydrogen) atoms. The highest BCUT2D eigenvalue weighted by atomic mass is 79.9. The van der Waals surface area contributed by atoms with E-state index in [1.807, 2.05) is 6.92 Å². The lowest BCUT2D eigenvalue weighted by Gasteiger charge is -2.05. The Kier molecular flexibility index (Phi) is 2.86. The van der Waals surface area contributed by atoms with Gasteiger partial charge in [0, 0.05) is 16.4 Å². The van der Waals surface area contributed by atoms with E-state index >= 15 is 0 Å². The van der Waals surface area contributed by atoms with Gasteiger partial charge in [0.25, 0.3) is 0 Å². The molecule has 78 valence electrons. The molecule has 1 heterocycles. The summed E-state index contributed by atoms with van der Waals surface area (Å²) in [5.41, 5.74) is 0.647. The molecule has 4 heteroatoms. The molecule has 0 aliphatic carbocycles. The van der Waals surface area contributed by atoms with Crippen molar-refractivity contribution in [2.45, 2.75) is 6.92 Å². The van der Waals surface area contributed by atoms with E-state index in [1.165, 1.54) is 6.07 Å². The van der Waals surface area contributed by atoms with Crippen molar-refractivity contribution >= 4 is 32.7 Å². The Morgan fingerprint density at radius 3 is 2.87 bits per heavy atom. The van der Waals surface area contributed by atoms with Crippen LogP contribution in [0.25, 0.3) is 10.9 Å². The number of nitrogens with one attached hydrogen (secondary N) is 1. The highest BCUT2D eigenvalue weighted by Crippen LogP contribution is 2.25. The fourth-order valence-corrected chi connectivity index (χ4v) is 1.86. The van der Waals surface area contributed by atoms with Crippen molar-refractivity contribution in [1.29, 1.82) is 0 Å². The minimum atomic E-state index is -0.247. The summed E-state index contributed by atoms with van der Waals surface area (Å²) in [6, 6.07) is 6.61. The van der Waals surface area contributed by atoms with Gasteiger partial charge in [-0.3, -0.25) is 0 Å². The van der Waals surface area contributed by atoms with Gasteiger partial charge < -0.3 is 5.32 Å². The number of aromatic nitrogens is 1. The first-order valence-corrected chi connectivity index (χ1v) is 5.50. The fourth-order valence-electron chi connectivity index (χ4n) is 1.43. The van der Waals surface area contributed by atoms with Gasteiger partial charge in [-0.05, 0) is 47.1 Å². The number of nitrogens with zero attached hydrogens (tertiary/aromatic N) is 1. The topological polar surface area (TPSA) is 24.9 Å². The molecular weight excluding hydrogens is 259 g/mol. The van der Waals surface area contributed by atoms with Gasteiger partial charge in [0.05, 0.1) is 5.52 Å². The maximum absolute atomic E-state index is 13.4. The van der Waals surface area contributed by atoms with Crippen molar-refractivity contribution in [1.82, 2.24) is 4.98 Å². The van der Waals surface area contributed by atoms with E-state index in [9.17, 15) is 4.39 Å². The second kappa shape index (κ2) is 4.14. The summed E-state index contributed by atoms with van der Waals surface area (Å²) in [5.74, 6) is 0.514. The van der Waals surface area contributed by atoms with Crippen LogP contribution in [0, 0.1) is 5.82 Å². The Labute approximate surface area is 95.6 Å². The zero-order valence-electron chi connectivity index (χ0n) is 8.22. The van der Waals surface area contributed by atoms with E-state index in [0.29, 0.717) is 10.9 Å². The predicted molar refractivity (Wildman–Crippen MR) is 63.6 cm³/mol. The van der Waals surface area contributed by atoms with Crippen molar-refractivity contribution in [2.75, 3.05) is 11.9 Å². The lowest BCUT2D eigenvalue weighted by atomic mass is 10.2. The Morgan fingerprint density at radius 2 is 2.13 bits per heavy atom. The van der Waals surface area contributed by atoms with E-state index < -0.39 is 0 Å². The number of halogens is 2. The Balaban J connectivity index is 2.65. The molecule has 0 spiro atoms. The molecular formula is C11H10BrFN2. The number of benzene rings is 1. The summed E-state index contributed by atoms with van der Waals surface area (Å²) in [4.78, 5) is 4.33. The van der Waals surface area contributed by atoms with Crippen LogP contribution in [0.5, 0.6) is 0 Å². The number of anilines is 1. The van der Waals surface area contributed by atoms with E-state index in [1.54, 1.807) is 18.2 Å². The number of pyridine rings is 1. The van der Waals surface area contributed by atoms with Crippen molar-refractivity contribution in [3.05, 3.63) is 34.6 Å². The molecule has 0 fully saturated rings.